The highest BCUT2D eigenvalue weighted by Gasteiger charge is 2.30. The molecular weight excluding hydrogens is 428 g/mol. The van der Waals surface area contributed by atoms with Gasteiger partial charge in [-0.1, -0.05) is 42.5 Å². The summed E-state index contributed by atoms with van der Waals surface area (Å²) in [6.45, 7) is 6.04. The van der Waals surface area contributed by atoms with Gasteiger partial charge in [0.2, 0.25) is 5.91 Å². The molecule has 0 bridgehead atoms. The first-order chi connectivity index (χ1) is 16.8. The third kappa shape index (κ3) is 5.31. The number of anilines is 1. The van der Waals surface area contributed by atoms with E-state index in [2.05, 4.69) is 71.4 Å². The van der Waals surface area contributed by atoms with Gasteiger partial charge in [0.05, 0.1) is 0 Å². The molecule has 9 nitrogen and oxygen atoms in total. The first kappa shape index (κ1) is 22.2. The summed E-state index contributed by atoms with van der Waals surface area (Å²) in [5, 5.41) is 12.7. The van der Waals surface area contributed by atoms with Gasteiger partial charge < -0.3 is 9.80 Å². The van der Waals surface area contributed by atoms with Gasteiger partial charge in [-0.15, -0.1) is 10.2 Å². The number of hydrogen-bond acceptors (Lipinski definition) is 7. The maximum Gasteiger partial charge on any atom is 0.225 e. The van der Waals surface area contributed by atoms with E-state index in [1.54, 1.807) is 11.0 Å². The highest BCUT2D eigenvalue weighted by molar-refractivity contribution is 5.79. The molecule has 2 aliphatic heterocycles. The molecule has 1 aromatic carbocycles. The molecule has 0 unspecified atom stereocenters. The summed E-state index contributed by atoms with van der Waals surface area (Å²) in [5.41, 5.74) is 1.22. The molecule has 9 heteroatoms. The number of nitrogens with zero attached hydrogens (tertiary/aromatic N) is 8. The van der Waals surface area contributed by atoms with Crippen molar-refractivity contribution >= 4 is 17.8 Å². The van der Waals surface area contributed by atoms with Gasteiger partial charge in [-0.25, -0.2) is 9.67 Å². The van der Waals surface area contributed by atoms with Crippen molar-refractivity contribution in [2.45, 2.75) is 12.8 Å². The normalized spacial score (nSPS) is 18.0. The standard InChI is InChI=1S/C25H30N8O/c34-25(32-17-15-30(16-18-32)12-4-7-21-5-2-1-3-6-21)22-10-13-31(14-11-22)23-8-9-24(29-28-23)33-20-26-19-27-33/h1-9,19-20,22H,10-18H2/b7-4+. The Morgan fingerprint density at radius 2 is 1.65 bits per heavy atom. The molecule has 0 spiro atoms. The quantitative estimate of drug-likeness (QED) is 0.560. The summed E-state index contributed by atoms with van der Waals surface area (Å²) >= 11 is 0. The number of carbonyl (C=O) groups excluding carboxylic acids is 1. The van der Waals surface area contributed by atoms with Gasteiger partial charge in [0.1, 0.15) is 12.7 Å². The van der Waals surface area contributed by atoms with Crippen LogP contribution in [-0.4, -0.2) is 86.5 Å². The molecular formula is C25H30N8O. The molecule has 2 saturated heterocycles. The lowest BCUT2D eigenvalue weighted by molar-refractivity contribution is -0.137. The zero-order valence-corrected chi connectivity index (χ0v) is 19.3. The second kappa shape index (κ2) is 10.6. The highest BCUT2D eigenvalue weighted by Crippen LogP contribution is 2.24. The number of carbonyl (C=O) groups is 1. The second-order valence-corrected chi connectivity index (χ2v) is 8.79. The largest absolute Gasteiger partial charge is 0.355 e. The minimum absolute atomic E-state index is 0.100. The topological polar surface area (TPSA) is 83.3 Å². The Hall–Kier alpha value is -3.59. The van der Waals surface area contributed by atoms with E-state index in [9.17, 15) is 4.79 Å². The van der Waals surface area contributed by atoms with Crippen molar-refractivity contribution in [1.82, 2.24) is 34.8 Å². The Bertz CT molecular complexity index is 1070. The van der Waals surface area contributed by atoms with Crippen LogP contribution in [0.3, 0.4) is 0 Å². The molecule has 5 rings (SSSR count). The molecule has 3 aromatic rings. The van der Waals surface area contributed by atoms with Crippen LogP contribution in [0.1, 0.15) is 18.4 Å². The molecule has 0 radical (unpaired) electrons. The van der Waals surface area contributed by atoms with Crippen LogP contribution in [0.5, 0.6) is 0 Å². The molecule has 2 aliphatic rings. The summed E-state index contributed by atoms with van der Waals surface area (Å²) < 4.78 is 1.58. The molecule has 2 fully saturated rings. The number of hydrogen-bond donors (Lipinski definition) is 0. The van der Waals surface area contributed by atoms with Crippen LogP contribution < -0.4 is 4.90 Å². The van der Waals surface area contributed by atoms with Gasteiger partial charge in [-0.05, 0) is 30.5 Å². The predicted octanol–water partition coefficient (Wildman–Crippen LogP) is 2.13. The first-order valence-electron chi connectivity index (χ1n) is 11.9. The molecule has 0 N–H and O–H groups in total. The fraction of sp³-hybridized carbons (Fsp3) is 0.400. The fourth-order valence-corrected chi connectivity index (χ4v) is 4.60. The number of amides is 1. The maximum atomic E-state index is 13.1. The van der Waals surface area contributed by atoms with Crippen molar-refractivity contribution in [3.8, 4) is 5.82 Å². The zero-order valence-electron chi connectivity index (χ0n) is 19.3. The molecule has 4 heterocycles. The Kier molecular flexibility index (Phi) is 6.90. The van der Waals surface area contributed by atoms with E-state index in [1.165, 1.54) is 11.9 Å². The van der Waals surface area contributed by atoms with Crippen molar-refractivity contribution in [2.75, 3.05) is 50.7 Å². The van der Waals surface area contributed by atoms with Crippen molar-refractivity contribution in [2.24, 2.45) is 5.92 Å². The van der Waals surface area contributed by atoms with Gasteiger partial charge in [-0.2, -0.15) is 5.10 Å². The lowest BCUT2D eigenvalue weighted by Gasteiger charge is -2.38. The molecule has 2 aromatic heterocycles. The number of piperidine rings is 1. The molecule has 1 amide bonds. The van der Waals surface area contributed by atoms with Gasteiger partial charge in [0.15, 0.2) is 11.6 Å². The van der Waals surface area contributed by atoms with Crippen LogP contribution in [0.25, 0.3) is 11.9 Å². The number of piperazine rings is 1. The summed E-state index contributed by atoms with van der Waals surface area (Å²) in [7, 11) is 0. The number of benzene rings is 1. The zero-order chi connectivity index (χ0) is 23.2. The van der Waals surface area contributed by atoms with Crippen LogP contribution in [0, 0.1) is 5.92 Å². The van der Waals surface area contributed by atoms with Crippen LogP contribution in [0.15, 0.2) is 61.2 Å². The lowest BCUT2D eigenvalue weighted by atomic mass is 9.95. The van der Waals surface area contributed by atoms with E-state index < -0.39 is 0 Å². The third-order valence-electron chi connectivity index (χ3n) is 6.62. The smallest absolute Gasteiger partial charge is 0.225 e. The Morgan fingerprint density at radius 1 is 0.912 bits per heavy atom. The summed E-state index contributed by atoms with van der Waals surface area (Å²) in [6.07, 6.45) is 9.15. The van der Waals surface area contributed by atoms with Gasteiger partial charge >= 0.3 is 0 Å². The van der Waals surface area contributed by atoms with Crippen LogP contribution >= 0.6 is 0 Å². The van der Waals surface area contributed by atoms with Crippen LogP contribution in [0.4, 0.5) is 5.82 Å². The van der Waals surface area contributed by atoms with Crippen molar-refractivity contribution < 1.29 is 4.79 Å². The molecule has 0 saturated carbocycles. The first-order valence-corrected chi connectivity index (χ1v) is 11.9. The number of aromatic nitrogens is 5. The van der Waals surface area contributed by atoms with E-state index >= 15 is 0 Å². The summed E-state index contributed by atoms with van der Waals surface area (Å²) in [4.78, 5) is 23.7. The fourth-order valence-electron chi connectivity index (χ4n) is 4.60. The maximum absolute atomic E-state index is 13.1. The monoisotopic (exact) mass is 458 g/mol. The minimum atomic E-state index is 0.100. The summed E-state index contributed by atoms with van der Waals surface area (Å²) in [5.74, 6) is 1.89. The Labute approximate surface area is 199 Å². The van der Waals surface area contributed by atoms with Crippen molar-refractivity contribution in [3.05, 3.63) is 66.8 Å². The van der Waals surface area contributed by atoms with E-state index in [0.29, 0.717) is 11.7 Å². The van der Waals surface area contributed by atoms with Crippen LogP contribution in [0.2, 0.25) is 0 Å². The highest BCUT2D eigenvalue weighted by atomic mass is 16.2. The molecule has 34 heavy (non-hydrogen) atoms. The van der Waals surface area contributed by atoms with E-state index in [1.807, 2.05) is 18.2 Å². The van der Waals surface area contributed by atoms with E-state index in [4.69, 9.17) is 0 Å². The lowest BCUT2D eigenvalue weighted by Crippen LogP contribution is -2.51. The second-order valence-electron chi connectivity index (χ2n) is 8.79. The molecule has 176 valence electrons. The summed E-state index contributed by atoms with van der Waals surface area (Å²) in [6, 6.07) is 14.2. The van der Waals surface area contributed by atoms with Crippen molar-refractivity contribution in [3.63, 3.8) is 0 Å². The van der Waals surface area contributed by atoms with Crippen molar-refractivity contribution in [1.29, 1.82) is 0 Å². The average Bonchev–Trinajstić information content (AvgIpc) is 3.45. The van der Waals surface area contributed by atoms with Gasteiger partial charge in [0, 0.05) is 51.7 Å². The van der Waals surface area contributed by atoms with Gasteiger partial charge in [0.25, 0.3) is 0 Å². The van der Waals surface area contributed by atoms with E-state index in [-0.39, 0.29) is 5.92 Å². The third-order valence-corrected chi connectivity index (χ3v) is 6.62. The number of rotatable bonds is 6. The Balaban J connectivity index is 1.06. The average molecular weight is 459 g/mol. The minimum Gasteiger partial charge on any atom is -0.355 e. The molecule has 0 atom stereocenters. The Morgan fingerprint density at radius 3 is 2.32 bits per heavy atom. The van der Waals surface area contributed by atoms with Crippen LogP contribution in [-0.2, 0) is 4.79 Å². The molecule has 0 aliphatic carbocycles. The SMILES string of the molecule is O=C(C1CCN(c2ccc(-n3cncn3)nn2)CC1)N1CCN(C/C=C/c2ccccc2)CC1. The van der Waals surface area contributed by atoms with E-state index in [0.717, 1.165) is 64.5 Å². The predicted molar refractivity (Wildman–Crippen MR) is 130 cm³/mol. The van der Waals surface area contributed by atoms with Gasteiger partial charge in [-0.3, -0.25) is 9.69 Å².